The van der Waals surface area contributed by atoms with Gasteiger partial charge in [0.15, 0.2) is 6.61 Å². The molecule has 0 N–H and O–H groups in total. The molecule has 5 nitrogen and oxygen atoms in total. The molecule has 1 aliphatic heterocycles. The highest BCUT2D eigenvalue weighted by Gasteiger charge is 2.21. The Hall–Kier alpha value is -2.30. The van der Waals surface area contributed by atoms with Crippen LogP contribution in [0.2, 0.25) is 0 Å². The first-order valence-corrected chi connectivity index (χ1v) is 8.05. The first-order chi connectivity index (χ1) is 11.1. The van der Waals surface area contributed by atoms with Gasteiger partial charge in [0.1, 0.15) is 5.75 Å². The van der Waals surface area contributed by atoms with Crippen molar-refractivity contribution in [3.8, 4) is 5.75 Å². The summed E-state index contributed by atoms with van der Waals surface area (Å²) in [5.74, 6) is 1.00. The molecule has 0 saturated carbocycles. The number of benzene rings is 1. The Labute approximate surface area is 135 Å². The molecule has 23 heavy (non-hydrogen) atoms. The van der Waals surface area contributed by atoms with Gasteiger partial charge in [-0.05, 0) is 30.9 Å². The van der Waals surface area contributed by atoms with E-state index >= 15 is 0 Å². The van der Waals surface area contributed by atoms with E-state index in [1.807, 2.05) is 29.2 Å². The fraction of sp³-hybridized carbons (Fsp3) is 0.444. The fourth-order valence-corrected chi connectivity index (χ4v) is 3.15. The van der Waals surface area contributed by atoms with Crippen molar-refractivity contribution in [2.45, 2.75) is 19.8 Å². The van der Waals surface area contributed by atoms with Crippen molar-refractivity contribution in [2.24, 2.45) is 13.0 Å². The normalized spacial score (nSPS) is 18.2. The van der Waals surface area contributed by atoms with E-state index in [9.17, 15) is 9.59 Å². The summed E-state index contributed by atoms with van der Waals surface area (Å²) in [7, 11) is 1.73. The molecular weight excluding hydrogens is 292 g/mol. The van der Waals surface area contributed by atoms with Gasteiger partial charge in [-0.1, -0.05) is 19.1 Å². The van der Waals surface area contributed by atoms with Crippen LogP contribution in [0.25, 0.3) is 10.9 Å². The van der Waals surface area contributed by atoms with Crippen LogP contribution in [0.3, 0.4) is 0 Å². The lowest BCUT2D eigenvalue weighted by Crippen LogP contribution is -2.41. The van der Waals surface area contributed by atoms with E-state index in [0.29, 0.717) is 11.7 Å². The van der Waals surface area contributed by atoms with Crippen molar-refractivity contribution >= 4 is 16.8 Å². The second-order valence-electron chi connectivity index (χ2n) is 6.30. The van der Waals surface area contributed by atoms with Crippen molar-refractivity contribution < 1.29 is 9.53 Å². The first kappa shape index (κ1) is 15.6. The molecule has 1 aromatic heterocycles. The molecule has 5 heteroatoms. The van der Waals surface area contributed by atoms with Gasteiger partial charge >= 0.3 is 0 Å². The second-order valence-corrected chi connectivity index (χ2v) is 6.30. The Kier molecular flexibility index (Phi) is 4.37. The van der Waals surface area contributed by atoms with Gasteiger partial charge in [-0.3, -0.25) is 9.59 Å². The Morgan fingerprint density at radius 2 is 2.13 bits per heavy atom. The van der Waals surface area contributed by atoms with Crippen molar-refractivity contribution in [1.29, 1.82) is 0 Å². The van der Waals surface area contributed by atoms with Crippen LogP contribution in [0.5, 0.6) is 5.75 Å². The Morgan fingerprint density at radius 1 is 1.35 bits per heavy atom. The number of aromatic nitrogens is 1. The molecule has 1 fully saturated rings. The largest absolute Gasteiger partial charge is 0.483 e. The minimum Gasteiger partial charge on any atom is -0.483 e. The van der Waals surface area contributed by atoms with Gasteiger partial charge in [0.05, 0.1) is 5.52 Å². The third-order valence-electron chi connectivity index (χ3n) is 4.48. The predicted octanol–water partition coefficient (Wildman–Crippen LogP) is 2.18. The molecule has 1 amide bonds. The van der Waals surface area contributed by atoms with E-state index in [4.69, 9.17) is 4.74 Å². The first-order valence-electron chi connectivity index (χ1n) is 8.05. The summed E-state index contributed by atoms with van der Waals surface area (Å²) in [6.07, 6.45) is 2.21. The number of carbonyl (C=O) groups is 1. The molecular formula is C18H22N2O3. The quantitative estimate of drug-likeness (QED) is 0.872. The van der Waals surface area contributed by atoms with Crippen LogP contribution >= 0.6 is 0 Å². The van der Waals surface area contributed by atoms with Crippen molar-refractivity contribution in [3.63, 3.8) is 0 Å². The lowest BCUT2D eigenvalue weighted by Gasteiger charge is -2.30. The molecule has 1 atom stereocenters. The molecule has 0 spiro atoms. The number of pyridine rings is 1. The molecule has 3 rings (SSSR count). The minimum atomic E-state index is -0.141. The summed E-state index contributed by atoms with van der Waals surface area (Å²) >= 11 is 0. The van der Waals surface area contributed by atoms with E-state index in [1.54, 1.807) is 11.6 Å². The summed E-state index contributed by atoms with van der Waals surface area (Å²) in [6.45, 7) is 3.72. The number of piperidine rings is 1. The average molecular weight is 314 g/mol. The SMILES string of the molecule is C[C@@H]1CCCN(C(=O)COc2cc(=O)n(C)c3ccccc23)C1. The van der Waals surface area contributed by atoms with E-state index < -0.39 is 0 Å². The Morgan fingerprint density at radius 3 is 2.91 bits per heavy atom. The smallest absolute Gasteiger partial charge is 0.260 e. The molecule has 0 aliphatic carbocycles. The van der Waals surface area contributed by atoms with Gasteiger partial charge in [-0.15, -0.1) is 0 Å². The summed E-state index contributed by atoms with van der Waals surface area (Å²) in [5, 5.41) is 0.842. The predicted molar refractivity (Wildman–Crippen MR) is 89.7 cm³/mol. The number of ether oxygens (including phenoxy) is 1. The standard InChI is InChI=1S/C18H22N2O3/c1-13-6-5-9-20(11-13)18(22)12-23-16-10-17(21)19(2)15-8-4-3-7-14(15)16/h3-4,7-8,10,13H,5-6,9,11-12H2,1-2H3/t13-/m1/s1. The van der Waals surface area contributed by atoms with Crippen molar-refractivity contribution in [3.05, 3.63) is 40.7 Å². The van der Waals surface area contributed by atoms with Crippen LogP contribution in [0.4, 0.5) is 0 Å². The molecule has 0 bridgehead atoms. The van der Waals surface area contributed by atoms with Gasteiger partial charge in [0.25, 0.3) is 11.5 Å². The highest BCUT2D eigenvalue weighted by molar-refractivity contribution is 5.86. The minimum absolute atomic E-state index is 0.0127. The number of hydrogen-bond donors (Lipinski definition) is 0. The zero-order chi connectivity index (χ0) is 16.4. The molecule has 1 aliphatic rings. The highest BCUT2D eigenvalue weighted by Crippen LogP contribution is 2.23. The lowest BCUT2D eigenvalue weighted by molar-refractivity contribution is -0.135. The monoisotopic (exact) mass is 314 g/mol. The Balaban J connectivity index is 1.78. The summed E-state index contributed by atoms with van der Waals surface area (Å²) in [5.41, 5.74) is 0.659. The van der Waals surface area contributed by atoms with Gasteiger partial charge in [-0.2, -0.15) is 0 Å². The summed E-state index contributed by atoms with van der Waals surface area (Å²) in [4.78, 5) is 26.2. The van der Waals surface area contributed by atoms with Gasteiger partial charge in [-0.25, -0.2) is 0 Å². The number of aryl methyl sites for hydroxylation is 1. The molecule has 2 heterocycles. The molecule has 1 aromatic carbocycles. The maximum atomic E-state index is 12.3. The Bertz CT molecular complexity index is 781. The molecule has 2 aromatic rings. The van der Waals surface area contributed by atoms with E-state index in [2.05, 4.69) is 6.92 Å². The number of carbonyl (C=O) groups excluding carboxylic acids is 1. The van der Waals surface area contributed by atoms with Gasteiger partial charge in [0, 0.05) is 31.6 Å². The van der Waals surface area contributed by atoms with Gasteiger partial charge < -0.3 is 14.2 Å². The molecule has 0 radical (unpaired) electrons. The third-order valence-corrected chi connectivity index (χ3v) is 4.48. The van der Waals surface area contributed by atoms with E-state index in [1.165, 1.54) is 12.5 Å². The fourth-order valence-electron chi connectivity index (χ4n) is 3.15. The second kappa shape index (κ2) is 6.44. The number of hydrogen-bond acceptors (Lipinski definition) is 3. The maximum absolute atomic E-state index is 12.3. The third kappa shape index (κ3) is 3.23. The topological polar surface area (TPSA) is 51.5 Å². The van der Waals surface area contributed by atoms with Crippen LogP contribution in [0.15, 0.2) is 35.1 Å². The van der Waals surface area contributed by atoms with E-state index in [0.717, 1.165) is 30.4 Å². The maximum Gasteiger partial charge on any atom is 0.260 e. The highest BCUT2D eigenvalue weighted by atomic mass is 16.5. The average Bonchev–Trinajstić information content (AvgIpc) is 2.56. The van der Waals surface area contributed by atoms with Gasteiger partial charge in [0.2, 0.25) is 0 Å². The number of para-hydroxylation sites is 1. The number of nitrogens with zero attached hydrogens (tertiary/aromatic N) is 2. The molecule has 122 valence electrons. The van der Waals surface area contributed by atoms with Crippen molar-refractivity contribution in [1.82, 2.24) is 9.47 Å². The lowest BCUT2D eigenvalue weighted by atomic mass is 10.0. The number of fused-ring (bicyclic) bond motifs is 1. The summed E-state index contributed by atoms with van der Waals surface area (Å²) < 4.78 is 7.28. The zero-order valence-electron chi connectivity index (χ0n) is 13.6. The van der Waals surface area contributed by atoms with Crippen LogP contribution in [-0.2, 0) is 11.8 Å². The van der Waals surface area contributed by atoms with Crippen LogP contribution in [-0.4, -0.2) is 35.1 Å². The van der Waals surface area contributed by atoms with Crippen LogP contribution in [0, 0.1) is 5.92 Å². The van der Waals surface area contributed by atoms with Crippen LogP contribution < -0.4 is 10.3 Å². The van der Waals surface area contributed by atoms with E-state index in [-0.39, 0.29) is 18.1 Å². The molecule has 0 unspecified atom stereocenters. The zero-order valence-corrected chi connectivity index (χ0v) is 13.6. The number of likely N-dealkylation sites (tertiary alicyclic amines) is 1. The van der Waals surface area contributed by atoms with Crippen LogP contribution in [0.1, 0.15) is 19.8 Å². The van der Waals surface area contributed by atoms with Crippen molar-refractivity contribution in [2.75, 3.05) is 19.7 Å². The number of amides is 1. The molecule has 1 saturated heterocycles. The number of rotatable bonds is 3. The summed E-state index contributed by atoms with van der Waals surface area (Å²) in [6, 6.07) is 9.00.